The van der Waals surface area contributed by atoms with Crippen LogP contribution < -0.4 is 0 Å². The number of nitrogens with zero attached hydrogens (tertiary/aromatic N) is 1. The molecule has 1 heterocycles. The van der Waals surface area contributed by atoms with Crippen LogP contribution in [0.2, 0.25) is 0 Å². The molecule has 22 heavy (non-hydrogen) atoms. The topological polar surface area (TPSA) is 46.6 Å². The number of carbonyl (C=O) groups is 2. The fourth-order valence-corrected chi connectivity index (χ4v) is 2.67. The summed E-state index contributed by atoms with van der Waals surface area (Å²) in [6.07, 6.45) is 1.04. The van der Waals surface area contributed by atoms with Crippen molar-refractivity contribution in [3.05, 3.63) is 35.9 Å². The van der Waals surface area contributed by atoms with Gasteiger partial charge >= 0.3 is 6.09 Å². The summed E-state index contributed by atoms with van der Waals surface area (Å²) in [5.74, 6) is 0.164. The molecule has 0 bridgehead atoms. The Kier molecular flexibility index (Phi) is 4.59. The number of ketones is 1. The molecule has 1 saturated heterocycles. The van der Waals surface area contributed by atoms with Gasteiger partial charge in [-0.3, -0.25) is 4.79 Å². The van der Waals surface area contributed by atoms with E-state index in [2.05, 4.69) is 0 Å². The monoisotopic (exact) mass is 303 g/mol. The number of hydrogen-bond donors (Lipinski definition) is 0. The summed E-state index contributed by atoms with van der Waals surface area (Å²) in [6.45, 7) is 8.69. The maximum Gasteiger partial charge on any atom is 0.410 e. The van der Waals surface area contributed by atoms with Crippen molar-refractivity contribution in [2.75, 3.05) is 13.1 Å². The first kappa shape index (κ1) is 16.5. The molecular weight excluding hydrogens is 278 g/mol. The average molecular weight is 303 g/mol. The van der Waals surface area contributed by atoms with Gasteiger partial charge in [0, 0.05) is 24.1 Å². The third-order valence-corrected chi connectivity index (χ3v) is 4.10. The van der Waals surface area contributed by atoms with Gasteiger partial charge in [-0.2, -0.15) is 0 Å². The lowest BCUT2D eigenvalue weighted by Gasteiger charge is -2.38. The fraction of sp³-hybridized carbons (Fsp3) is 0.556. The van der Waals surface area contributed by atoms with Crippen molar-refractivity contribution in [1.82, 2.24) is 4.90 Å². The van der Waals surface area contributed by atoms with Crippen LogP contribution in [-0.2, 0) is 4.74 Å². The van der Waals surface area contributed by atoms with Crippen molar-refractivity contribution in [3.8, 4) is 0 Å². The molecule has 1 aliphatic heterocycles. The van der Waals surface area contributed by atoms with E-state index in [1.54, 1.807) is 4.90 Å². The Morgan fingerprint density at radius 3 is 2.14 bits per heavy atom. The highest BCUT2D eigenvalue weighted by molar-refractivity contribution is 6.00. The number of ether oxygens (including phenoxy) is 1. The van der Waals surface area contributed by atoms with E-state index >= 15 is 0 Å². The van der Waals surface area contributed by atoms with E-state index in [9.17, 15) is 9.59 Å². The van der Waals surface area contributed by atoms with Crippen molar-refractivity contribution in [2.45, 2.75) is 46.1 Å². The van der Waals surface area contributed by atoms with Gasteiger partial charge in [0.15, 0.2) is 5.78 Å². The molecule has 0 unspecified atom stereocenters. The van der Waals surface area contributed by atoms with Gasteiger partial charge < -0.3 is 9.64 Å². The molecular formula is C18H25NO3. The first-order valence-electron chi connectivity index (χ1n) is 7.79. The molecule has 0 aromatic heterocycles. The molecule has 0 saturated carbocycles. The minimum absolute atomic E-state index is 0.164. The number of Topliss-reactive ketones (excluding diaryl/α,β-unsaturated/α-hetero) is 1. The van der Waals surface area contributed by atoms with Crippen molar-refractivity contribution in [1.29, 1.82) is 0 Å². The van der Waals surface area contributed by atoms with E-state index in [0.29, 0.717) is 25.9 Å². The molecule has 1 aromatic rings. The number of piperidine rings is 1. The molecule has 2 rings (SSSR count). The van der Waals surface area contributed by atoms with Gasteiger partial charge in [-0.15, -0.1) is 0 Å². The zero-order chi connectivity index (χ0) is 16.4. The van der Waals surface area contributed by atoms with Crippen LogP contribution >= 0.6 is 0 Å². The lowest BCUT2D eigenvalue weighted by molar-refractivity contribution is 0.0122. The van der Waals surface area contributed by atoms with E-state index in [1.807, 2.05) is 58.0 Å². The summed E-state index contributed by atoms with van der Waals surface area (Å²) in [5.41, 5.74) is -0.145. The SMILES string of the molecule is CC(C)(C)OC(=O)N1CCC(C)(C(=O)c2ccccc2)CC1. The summed E-state index contributed by atoms with van der Waals surface area (Å²) < 4.78 is 5.39. The zero-order valence-corrected chi connectivity index (χ0v) is 13.9. The Hall–Kier alpha value is -1.84. The lowest BCUT2D eigenvalue weighted by atomic mass is 9.74. The van der Waals surface area contributed by atoms with Crippen LogP contribution in [0, 0.1) is 5.41 Å². The zero-order valence-electron chi connectivity index (χ0n) is 13.9. The van der Waals surface area contributed by atoms with E-state index in [4.69, 9.17) is 4.74 Å². The Morgan fingerprint density at radius 2 is 1.64 bits per heavy atom. The molecule has 1 fully saturated rings. The molecule has 0 aliphatic carbocycles. The standard InChI is InChI=1S/C18H25NO3/c1-17(2,3)22-16(21)19-12-10-18(4,11-13-19)15(20)14-8-6-5-7-9-14/h5-9H,10-13H2,1-4H3. The van der Waals surface area contributed by atoms with Crippen molar-refractivity contribution >= 4 is 11.9 Å². The Balaban J connectivity index is 1.99. The molecule has 0 radical (unpaired) electrons. The fourth-order valence-electron chi connectivity index (χ4n) is 2.67. The number of hydrogen-bond acceptors (Lipinski definition) is 3. The van der Waals surface area contributed by atoms with Crippen LogP contribution in [0.3, 0.4) is 0 Å². The molecule has 0 spiro atoms. The first-order chi connectivity index (χ1) is 10.2. The number of rotatable bonds is 2. The molecule has 4 heteroatoms. The van der Waals surface area contributed by atoms with Crippen molar-refractivity contribution < 1.29 is 14.3 Å². The summed E-state index contributed by atoms with van der Waals surface area (Å²) in [6, 6.07) is 9.38. The number of amides is 1. The molecule has 120 valence electrons. The van der Waals surface area contributed by atoms with E-state index in [1.165, 1.54) is 0 Å². The minimum atomic E-state index is -0.488. The predicted molar refractivity (Wildman–Crippen MR) is 85.9 cm³/mol. The largest absolute Gasteiger partial charge is 0.444 e. The smallest absolute Gasteiger partial charge is 0.410 e. The van der Waals surface area contributed by atoms with Crippen molar-refractivity contribution in [2.24, 2.45) is 5.41 Å². The predicted octanol–water partition coefficient (Wildman–Crippen LogP) is 3.91. The summed E-state index contributed by atoms with van der Waals surface area (Å²) >= 11 is 0. The summed E-state index contributed by atoms with van der Waals surface area (Å²) in [4.78, 5) is 26.5. The van der Waals surface area contributed by atoms with Crippen LogP contribution in [0.4, 0.5) is 4.79 Å². The Bertz CT molecular complexity index is 537. The van der Waals surface area contributed by atoms with Gasteiger partial charge in [-0.05, 0) is 33.6 Å². The van der Waals surface area contributed by atoms with E-state index in [-0.39, 0.29) is 11.9 Å². The Morgan fingerprint density at radius 1 is 1.09 bits per heavy atom. The summed E-state index contributed by atoms with van der Waals surface area (Å²) in [5, 5.41) is 0. The maximum atomic E-state index is 12.7. The highest BCUT2D eigenvalue weighted by Gasteiger charge is 2.39. The highest BCUT2D eigenvalue weighted by atomic mass is 16.6. The second-order valence-electron chi connectivity index (χ2n) is 7.22. The third kappa shape index (κ3) is 3.87. The van der Waals surface area contributed by atoms with Crippen LogP contribution in [0.1, 0.15) is 50.9 Å². The van der Waals surface area contributed by atoms with Gasteiger partial charge in [-0.25, -0.2) is 4.79 Å². The minimum Gasteiger partial charge on any atom is -0.444 e. The average Bonchev–Trinajstić information content (AvgIpc) is 2.46. The first-order valence-corrected chi connectivity index (χ1v) is 7.79. The molecule has 1 aromatic carbocycles. The van der Waals surface area contributed by atoms with Crippen LogP contribution in [0.5, 0.6) is 0 Å². The number of benzene rings is 1. The Labute approximate surface area is 132 Å². The van der Waals surface area contributed by atoms with Gasteiger partial charge in [-0.1, -0.05) is 37.3 Å². The number of likely N-dealkylation sites (tertiary alicyclic amines) is 1. The normalized spacial score (nSPS) is 17.9. The quantitative estimate of drug-likeness (QED) is 0.778. The third-order valence-electron chi connectivity index (χ3n) is 4.10. The number of carbonyl (C=O) groups excluding carboxylic acids is 2. The van der Waals surface area contributed by atoms with Crippen LogP contribution in [0.25, 0.3) is 0 Å². The van der Waals surface area contributed by atoms with Crippen LogP contribution in [0.15, 0.2) is 30.3 Å². The molecule has 0 N–H and O–H groups in total. The summed E-state index contributed by atoms with van der Waals surface area (Å²) in [7, 11) is 0. The molecule has 4 nitrogen and oxygen atoms in total. The molecule has 1 aliphatic rings. The molecule has 0 atom stereocenters. The maximum absolute atomic E-state index is 12.7. The highest BCUT2D eigenvalue weighted by Crippen LogP contribution is 2.34. The van der Waals surface area contributed by atoms with Gasteiger partial charge in [0.1, 0.15) is 5.60 Å². The molecule has 1 amide bonds. The van der Waals surface area contributed by atoms with Crippen molar-refractivity contribution in [3.63, 3.8) is 0 Å². The van der Waals surface area contributed by atoms with Gasteiger partial charge in [0.05, 0.1) is 0 Å². The van der Waals surface area contributed by atoms with Gasteiger partial charge in [0.2, 0.25) is 0 Å². The van der Waals surface area contributed by atoms with E-state index in [0.717, 1.165) is 5.56 Å². The second kappa shape index (κ2) is 6.11. The van der Waals surface area contributed by atoms with Crippen LogP contribution in [-0.4, -0.2) is 35.5 Å². The van der Waals surface area contributed by atoms with E-state index < -0.39 is 11.0 Å². The lowest BCUT2D eigenvalue weighted by Crippen LogP contribution is -2.46. The van der Waals surface area contributed by atoms with Gasteiger partial charge in [0.25, 0.3) is 0 Å². The second-order valence-corrected chi connectivity index (χ2v) is 7.22.